The highest BCUT2D eigenvalue weighted by atomic mass is 16.5. The molecule has 0 atom stereocenters. The minimum Gasteiger partial charge on any atom is -0.462 e. The Kier molecular flexibility index (Phi) is 4.65. The molecule has 0 bridgehead atoms. The first-order chi connectivity index (χ1) is 9.72. The van der Waals surface area contributed by atoms with Crippen molar-refractivity contribution >= 4 is 11.8 Å². The summed E-state index contributed by atoms with van der Waals surface area (Å²) >= 11 is 0. The van der Waals surface area contributed by atoms with Crippen molar-refractivity contribution < 1.29 is 9.53 Å². The zero-order chi connectivity index (χ0) is 14.4. The fourth-order valence-corrected chi connectivity index (χ4v) is 1.75. The molecule has 20 heavy (non-hydrogen) atoms. The van der Waals surface area contributed by atoms with E-state index in [1.54, 1.807) is 31.6 Å². The maximum absolute atomic E-state index is 11.8. The third-order valence-corrected chi connectivity index (χ3v) is 2.75. The van der Waals surface area contributed by atoms with Crippen LogP contribution >= 0.6 is 0 Å². The van der Waals surface area contributed by atoms with Gasteiger partial charge in [-0.2, -0.15) is 0 Å². The summed E-state index contributed by atoms with van der Waals surface area (Å²) in [5.74, 6) is 1.01. The topological polar surface area (TPSA) is 81.9 Å². The highest BCUT2D eigenvalue weighted by Crippen LogP contribution is 2.12. The van der Waals surface area contributed by atoms with E-state index in [9.17, 15) is 4.79 Å². The predicted molar refractivity (Wildman–Crippen MR) is 73.4 cm³/mol. The number of pyridine rings is 1. The number of carbonyl (C=O) groups excluding carboxylic acids is 1. The van der Waals surface area contributed by atoms with Crippen LogP contribution in [0.25, 0.3) is 0 Å². The van der Waals surface area contributed by atoms with Gasteiger partial charge >= 0.3 is 5.97 Å². The summed E-state index contributed by atoms with van der Waals surface area (Å²) < 4.78 is 6.85. The highest BCUT2D eigenvalue weighted by molar-refractivity contribution is 5.94. The molecule has 0 aliphatic rings. The summed E-state index contributed by atoms with van der Waals surface area (Å²) in [5.41, 5.74) is 0.437. The van der Waals surface area contributed by atoms with E-state index in [-0.39, 0.29) is 5.97 Å². The molecule has 0 amide bonds. The molecule has 7 heteroatoms. The summed E-state index contributed by atoms with van der Waals surface area (Å²) in [6.45, 7) is 2.72. The van der Waals surface area contributed by atoms with Gasteiger partial charge in [-0.3, -0.25) is 0 Å². The molecule has 0 saturated heterocycles. The van der Waals surface area contributed by atoms with E-state index in [4.69, 9.17) is 4.74 Å². The van der Waals surface area contributed by atoms with E-state index < -0.39 is 0 Å². The molecule has 2 heterocycles. The Morgan fingerprint density at radius 1 is 1.50 bits per heavy atom. The van der Waals surface area contributed by atoms with Gasteiger partial charge in [-0.15, -0.1) is 10.2 Å². The van der Waals surface area contributed by atoms with Gasteiger partial charge in [0.05, 0.1) is 6.61 Å². The summed E-state index contributed by atoms with van der Waals surface area (Å²) in [6, 6.07) is 3.40. The Bertz CT molecular complexity index is 582. The van der Waals surface area contributed by atoms with E-state index in [2.05, 4.69) is 20.5 Å². The summed E-state index contributed by atoms with van der Waals surface area (Å²) in [5, 5.41) is 10.9. The molecular weight excluding hydrogens is 258 g/mol. The van der Waals surface area contributed by atoms with E-state index in [0.29, 0.717) is 31.0 Å². The van der Waals surface area contributed by atoms with Crippen LogP contribution in [0.1, 0.15) is 23.1 Å². The summed E-state index contributed by atoms with van der Waals surface area (Å²) in [7, 11) is 1.89. The second-order valence-corrected chi connectivity index (χ2v) is 4.15. The third kappa shape index (κ3) is 3.31. The van der Waals surface area contributed by atoms with Gasteiger partial charge in [0.1, 0.15) is 23.5 Å². The molecule has 7 nitrogen and oxygen atoms in total. The third-order valence-electron chi connectivity index (χ3n) is 2.75. The number of esters is 1. The number of hydrogen-bond acceptors (Lipinski definition) is 6. The first-order valence-corrected chi connectivity index (χ1v) is 6.41. The smallest absolute Gasteiger partial charge is 0.341 e. The Labute approximate surface area is 117 Å². The van der Waals surface area contributed by atoms with E-state index in [1.807, 2.05) is 11.6 Å². The quantitative estimate of drug-likeness (QED) is 0.793. The molecule has 1 N–H and O–H groups in total. The SMILES string of the molecule is CCOC(=O)c1cccnc1NCCc1nncn1C. The Morgan fingerprint density at radius 3 is 3.05 bits per heavy atom. The number of aryl methyl sites for hydroxylation is 1. The van der Waals surface area contributed by atoms with Crippen molar-refractivity contribution in [1.82, 2.24) is 19.7 Å². The fraction of sp³-hybridized carbons (Fsp3) is 0.385. The lowest BCUT2D eigenvalue weighted by atomic mass is 10.2. The molecule has 0 aliphatic carbocycles. The van der Waals surface area contributed by atoms with E-state index in [0.717, 1.165) is 5.82 Å². The maximum Gasteiger partial charge on any atom is 0.341 e. The molecule has 2 aromatic heterocycles. The molecule has 2 aromatic rings. The number of aromatic nitrogens is 4. The largest absolute Gasteiger partial charge is 0.462 e. The molecule has 0 aromatic carbocycles. The Hall–Kier alpha value is -2.44. The Morgan fingerprint density at radius 2 is 2.35 bits per heavy atom. The van der Waals surface area contributed by atoms with Crippen LogP contribution in [0.5, 0.6) is 0 Å². The van der Waals surface area contributed by atoms with Crippen molar-refractivity contribution in [2.75, 3.05) is 18.5 Å². The molecule has 0 spiro atoms. The van der Waals surface area contributed by atoms with Crippen LogP contribution in [0, 0.1) is 0 Å². The number of nitrogens with zero attached hydrogens (tertiary/aromatic N) is 4. The zero-order valence-corrected chi connectivity index (χ0v) is 11.5. The number of ether oxygens (including phenoxy) is 1. The van der Waals surface area contributed by atoms with Crippen molar-refractivity contribution in [3.8, 4) is 0 Å². The lowest BCUT2D eigenvalue weighted by Gasteiger charge is -2.09. The van der Waals surface area contributed by atoms with Gasteiger partial charge in [0, 0.05) is 26.2 Å². The van der Waals surface area contributed by atoms with Gasteiger partial charge in [-0.05, 0) is 19.1 Å². The number of carbonyl (C=O) groups is 1. The van der Waals surface area contributed by atoms with Crippen LogP contribution in [0.2, 0.25) is 0 Å². The second kappa shape index (κ2) is 6.65. The van der Waals surface area contributed by atoms with Crippen LogP contribution in [-0.2, 0) is 18.2 Å². The number of hydrogen-bond donors (Lipinski definition) is 1. The minimum absolute atomic E-state index is 0.339. The van der Waals surface area contributed by atoms with Gasteiger partial charge in [0.15, 0.2) is 0 Å². The number of rotatable bonds is 6. The van der Waals surface area contributed by atoms with Crippen LogP contribution in [0.3, 0.4) is 0 Å². The van der Waals surface area contributed by atoms with Crippen LogP contribution < -0.4 is 5.32 Å². The molecule has 0 radical (unpaired) electrons. The first-order valence-electron chi connectivity index (χ1n) is 6.41. The van der Waals surface area contributed by atoms with Crippen LogP contribution in [0.4, 0.5) is 5.82 Å². The molecule has 2 rings (SSSR count). The lowest BCUT2D eigenvalue weighted by Crippen LogP contribution is -2.14. The van der Waals surface area contributed by atoms with Gasteiger partial charge in [-0.1, -0.05) is 0 Å². The molecule has 0 aliphatic heterocycles. The number of anilines is 1. The number of nitrogens with one attached hydrogen (secondary N) is 1. The zero-order valence-electron chi connectivity index (χ0n) is 11.5. The Balaban J connectivity index is 1.99. The van der Waals surface area contributed by atoms with Gasteiger partial charge in [-0.25, -0.2) is 9.78 Å². The van der Waals surface area contributed by atoms with Crippen molar-refractivity contribution in [2.24, 2.45) is 7.05 Å². The van der Waals surface area contributed by atoms with Crippen molar-refractivity contribution in [2.45, 2.75) is 13.3 Å². The normalized spacial score (nSPS) is 10.3. The maximum atomic E-state index is 11.8. The molecular formula is C13H17N5O2. The van der Waals surface area contributed by atoms with Crippen molar-refractivity contribution in [3.05, 3.63) is 36.0 Å². The van der Waals surface area contributed by atoms with Crippen molar-refractivity contribution in [1.29, 1.82) is 0 Å². The fourth-order valence-electron chi connectivity index (χ4n) is 1.75. The van der Waals surface area contributed by atoms with E-state index >= 15 is 0 Å². The summed E-state index contributed by atoms with van der Waals surface area (Å²) in [4.78, 5) is 16.0. The standard InChI is InChI=1S/C13H17N5O2/c1-3-20-13(19)10-5-4-7-14-12(10)15-8-6-11-17-16-9-18(11)2/h4-5,7,9H,3,6,8H2,1-2H3,(H,14,15). The van der Waals surface area contributed by atoms with E-state index in [1.165, 1.54) is 0 Å². The van der Waals surface area contributed by atoms with Gasteiger partial charge in [0.25, 0.3) is 0 Å². The molecule has 0 saturated carbocycles. The van der Waals surface area contributed by atoms with Crippen LogP contribution in [-0.4, -0.2) is 38.9 Å². The van der Waals surface area contributed by atoms with Crippen molar-refractivity contribution in [3.63, 3.8) is 0 Å². The van der Waals surface area contributed by atoms with Crippen LogP contribution in [0.15, 0.2) is 24.7 Å². The monoisotopic (exact) mass is 275 g/mol. The molecule has 0 fully saturated rings. The highest BCUT2D eigenvalue weighted by Gasteiger charge is 2.12. The van der Waals surface area contributed by atoms with Gasteiger partial charge < -0.3 is 14.6 Å². The average Bonchev–Trinajstić information content (AvgIpc) is 2.85. The molecule has 0 unspecified atom stereocenters. The second-order valence-electron chi connectivity index (χ2n) is 4.15. The van der Waals surface area contributed by atoms with Gasteiger partial charge in [0.2, 0.25) is 0 Å². The predicted octanol–water partition coefficient (Wildman–Crippen LogP) is 1.04. The molecule has 106 valence electrons. The lowest BCUT2D eigenvalue weighted by molar-refractivity contribution is 0.0527. The average molecular weight is 275 g/mol. The first kappa shape index (κ1) is 14.0. The summed E-state index contributed by atoms with van der Waals surface area (Å²) in [6.07, 6.45) is 3.98. The minimum atomic E-state index is -0.373.